The van der Waals surface area contributed by atoms with E-state index in [0.29, 0.717) is 0 Å². The molecule has 0 unspecified atom stereocenters. The number of hydrogen-bond acceptors (Lipinski definition) is 0. The van der Waals surface area contributed by atoms with Crippen LogP contribution in [0.3, 0.4) is 0 Å². The third-order valence-corrected chi connectivity index (χ3v) is 0.500. The zero-order chi connectivity index (χ0) is 5.41. The molecule has 0 atom stereocenters. The van der Waals surface area contributed by atoms with Crippen LogP contribution in [0.2, 0.25) is 0 Å². The third-order valence-electron chi connectivity index (χ3n) is 0.500. The topological polar surface area (TPSA) is 63.0 Å². The SMILES string of the molecule is CCCC.O.O.[Cl][Sn]. The van der Waals surface area contributed by atoms with Gasteiger partial charge in [0.25, 0.3) is 0 Å². The van der Waals surface area contributed by atoms with Gasteiger partial charge in [-0.15, -0.1) is 0 Å². The van der Waals surface area contributed by atoms with E-state index in [1.165, 1.54) is 12.8 Å². The first-order chi connectivity index (χ1) is 2.91. The summed E-state index contributed by atoms with van der Waals surface area (Å²) >= 11 is 1.02. The van der Waals surface area contributed by atoms with Gasteiger partial charge in [-0.05, 0) is 0 Å². The van der Waals surface area contributed by atoms with E-state index < -0.39 is 0 Å². The van der Waals surface area contributed by atoms with Gasteiger partial charge in [0.05, 0.1) is 0 Å². The van der Waals surface area contributed by atoms with E-state index in [4.69, 9.17) is 8.92 Å². The van der Waals surface area contributed by atoms with Crippen molar-refractivity contribution in [1.82, 2.24) is 0 Å². The predicted molar refractivity (Wildman–Crippen MR) is 39.4 cm³/mol. The minimum absolute atomic E-state index is 0. The van der Waals surface area contributed by atoms with Gasteiger partial charge in [-0.2, -0.15) is 0 Å². The van der Waals surface area contributed by atoms with Crippen LogP contribution in [-0.2, 0) is 0 Å². The fourth-order valence-corrected chi connectivity index (χ4v) is 0. The standard InChI is InChI=1S/C4H10.ClH.2H2O.Sn/c1-3-4-2;;;;/h3-4H2,1-2H3;1H;2*1H2;/q;;;;+1/p-1. The Morgan fingerprint density at radius 1 is 1.00 bits per heavy atom. The summed E-state index contributed by atoms with van der Waals surface area (Å²) in [6, 6.07) is 0. The van der Waals surface area contributed by atoms with E-state index in [9.17, 15) is 0 Å². The molecule has 0 aliphatic rings. The van der Waals surface area contributed by atoms with E-state index >= 15 is 0 Å². The van der Waals surface area contributed by atoms with E-state index in [1.54, 1.807) is 0 Å². The fraction of sp³-hybridized carbons (Fsp3) is 1.00. The molecule has 0 aliphatic carbocycles. The van der Waals surface area contributed by atoms with Crippen molar-refractivity contribution >= 4 is 30.3 Å². The molecule has 0 rings (SSSR count). The Hall–Kier alpha value is 1.01. The molecule has 0 saturated carbocycles. The Morgan fingerprint density at radius 3 is 1.12 bits per heavy atom. The predicted octanol–water partition coefficient (Wildman–Crippen LogP) is 0.466. The van der Waals surface area contributed by atoms with Crippen molar-refractivity contribution in [3.05, 3.63) is 0 Å². The van der Waals surface area contributed by atoms with Crippen molar-refractivity contribution < 1.29 is 11.0 Å². The molecular weight excluding hydrogens is 234 g/mol. The zero-order valence-corrected chi connectivity index (χ0v) is 8.90. The van der Waals surface area contributed by atoms with Crippen molar-refractivity contribution in [2.45, 2.75) is 26.7 Å². The van der Waals surface area contributed by atoms with Crippen LogP contribution >= 0.6 is 8.92 Å². The van der Waals surface area contributed by atoms with Crippen LogP contribution in [0.25, 0.3) is 0 Å². The average Bonchev–Trinajstić information content (AvgIpc) is 1.72. The van der Waals surface area contributed by atoms with E-state index in [0.717, 1.165) is 21.4 Å². The molecule has 4 heteroatoms. The summed E-state index contributed by atoms with van der Waals surface area (Å²) in [4.78, 5) is 0. The van der Waals surface area contributed by atoms with Crippen molar-refractivity contribution in [2.75, 3.05) is 0 Å². The molecule has 2 nitrogen and oxygen atoms in total. The van der Waals surface area contributed by atoms with Gasteiger partial charge < -0.3 is 11.0 Å². The molecule has 8 heavy (non-hydrogen) atoms. The molecule has 0 aromatic rings. The summed E-state index contributed by atoms with van der Waals surface area (Å²) < 4.78 is 0. The first kappa shape index (κ1) is 23.0. The number of unbranched alkanes of at least 4 members (excludes halogenated alkanes) is 1. The van der Waals surface area contributed by atoms with Crippen LogP contribution in [0.4, 0.5) is 0 Å². The molecular formula is C4H14ClO2Sn. The Balaban J connectivity index is -0.0000000183. The summed E-state index contributed by atoms with van der Waals surface area (Å²) in [5.74, 6) is 0. The molecule has 0 aliphatic heterocycles. The van der Waals surface area contributed by atoms with Gasteiger partial charge in [-0.3, -0.25) is 0 Å². The summed E-state index contributed by atoms with van der Waals surface area (Å²) in [5, 5.41) is 0. The van der Waals surface area contributed by atoms with Crippen molar-refractivity contribution in [3.8, 4) is 0 Å². The van der Waals surface area contributed by atoms with Gasteiger partial charge in [0.2, 0.25) is 0 Å². The van der Waals surface area contributed by atoms with Crippen LogP contribution in [0.5, 0.6) is 0 Å². The molecule has 0 bridgehead atoms. The Morgan fingerprint density at radius 2 is 1.12 bits per heavy atom. The fourth-order valence-electron chi connectivity index (χ4n) is 0. The Kier molecular flexibility index (Phi) is 125. The van der Waals surface area contributed by atoms with Crippen LogP contribution in [0.15, 0.2) is 0 Å². The summed E-state index contributed by atoms with van der Waals surface area (Å²) in [7, 11) is 4.73. The van der Waals surface area contributed by atoms with Gasteiger partial charge >= 0.3 is 30.3 Å². The summed E-state index contributed by atoms with van der Waals surface area (Å²) in [6.45, 7) is 4.36. The second kappa shape index (κ2) is 43.5. The Bertz CT molecular complexity index is 16.0. The number of rotatable bonds is 1. The van der Waals surface area contributed by atoms with Crippen molar-refractivity contribution in [3.63, 3.8) is 0 Å². The molecule has 0 aromatic heterocycles. The first-order valence-corrected chi connectivity index (χ1v) is 5.72. The van der Waals surface area contributed by atoms with Gasteiger partial charge in [0, 0.05) is 0 Å². The molecule has 4 N–H and O–H groups in total. The quantitative estimate of drug-likeness (QED) is 0.605. The maximum atomic E-state index is 4.73. The zero-order valence-electron chi connectivity index (χ0n) is 5.29. The van der Waals surface area contributed by atoms with E-state index in [2.05, 4.69) is 13.8 Å². The normalized spacial score (nSPS) is 4.50. The molecule has 3 radical (unpaired) electrons. The van der Waals surface area contributed by atoms with Crippen molar-refractivity contribution in [2.24, 2.45) is 0 Å². The minimum atomic E-state index is 0. The van der Waals surface area contributed by atoms with Crippen molar-refractivity contribution in [1.29, 1.82) is 0 Å². The van der Waals surface area contributed by atoms with E-state index in [1.807, 2.05) is 0 Å². The average molecular weight is 248 g/mol. The molecule has 0 amide bonds. The van der Waals surface area contributed by atoms with Gasteiger partial charge in [-0.1, -0.05) is 26.7 Å². The first-order valence-electron chi connectivity index (χ1n) is 2.10. The molecule has 0 heterocycles. The Labute approximate surface area is 68.0 Å². The molecule has 53 valence electrons. The second-order valence-corrected chi connectivity index (χ2v) is 1.000. The molecule has 0 fully saturated rings. The van der Waals surface area contributed by atoms with Gasteiger partial charge in [0.15, 0.2) is 0 Å². The monoisotopic (exact) mass is 249 g/mol. The number of halogens is 1. The summed E-state index contributed by atoms with van der Waals surface area (Å²) in [5.41, 5.74) is 0. The summed E-state index contributed by atoms with van der Waals surface area (Å²) in [6.07, 6.45) is 2.64. The maximum absolute atomic E-state index is 4.73. The molecule has 0 saturated heterocycles. The van der Waals surface area contributed by atoms with Gasteiger partial charge in [-0.25, -0.2) is 0 Å². The molecule has 0 aromatic carbocycles. The number of hydrogen-bond donors (Lipinski definition) is 0. The molecule has 0 spiro atoms. The van der Waals surface area contributed by atoms with Crippen LogP contribution in [-0.4, -0.2) is 32.4 Å². The van der Waals surface area contributed by atoms with E-state index in [-0.39, 0.29) is 11.0 Å². The van der Waals surface area contributed by atoms with Crippen LogP contribution in [0, 0.1) is 0 Å². The van der Waals surface area contributed by atoms with Gasteiger partial charge in [0.1, 0.15) is 0 Å². The van der Waals surface area contributed by atoms with Crippen LogP contribution in [0.1, 0.15) is 26.7 Å². The second-order valence-electron chi connectivity index (χ2n) is 1.000. The third kappa shape index (κ3) is 62.7. The van der Waals surface area contributed by atoms with Crippen LogP contribution < -0.4 is 0 Å².